The number of nitrogens with one attached hydrogen (secondary N) is 2. The van der Waals surface area contributed by atoms with Crippen LogP contribution in [-0.2, 0) is 4.74 Å². The molecule has 0 atom stereocenters. The third-order valence-corrected chi connectivity index (χ3v) is 3.86. The van der Waals surface area contributed by atoms with E-state index in [1.165, 1.54) is 18.2 Å². The fourth-order valence-corrected chi connectivity index (χ4v) is 2.65. The molecule has 1 aromatic rings. The van der Waals surface area contributed by atoms with Crippen LogP contribution < -0.4 is 10.6 Å². The average Bonchev–Trinajstić information content (AvgIpc) is 2.44. The van der Waals surface area contributed by atoms with Gasteiger partial charge < -0.3 is 15.4 Å². The van der Waals surface area contributed by atoms with E-state index < -0.39 is 0 Å². The standard InChI is InChI=1S/C14H18BrFN2O2/c15-13-9-10(16)1-2-12(13)14(19)18-7-8-20-11-3-5-17-6-4-11/h1-2,9,11,17H,3-8H2,(H,18,19). The maximum atomic E-state index is 12.9. The molecule has 0 spiro atoms. The number of ether oxygens (including phenoxy) is 1. The van der Waals surface area contributed by atoms with Crippen molar-refractivity contribution in [2.24, 2.45) is 0 Å². The summed E-state index contributed by atoms with van der Waals surface area (Å²) in [4.78, 5) is 11.9. The number of piperidine rings is 1. The predicted octanol–water partition coefficient (Wildman–Crippen LogP) is 2.09. The summed E-state index contributed by atoms with van der Waals surface area (Å²) in [6, 6.07) is 4.01. The van der Waals surface area contributed by atoms with Gasteiger partial charge in [-0.05, 0) is 60.1 Å². The summed E-state index contributed by atoms with van der Waals surface area (Å²) in [6.07, 6.45) is 2.31. The fourth-order valence-electron chi connectivity index (χ4n) is 2.12. The molecular weight excluding hydrogens is 327 g/mol. The molecule has 1 amide bonds. The molecule has 2 rings (SSSR count). The first-order valence-electron chi connectivity index (χ1n) is 6.72. The van der Waals surface area contributed by atoms with Crippen molar-refractivity contribution in [1.82, 2.24) is 10.6 Å². The number of carbonyl (C=O) groups excluding carboxylic acids is 1. The molecule has 0 bridgehead atoms. The molecule has 1 heterocycles. The van der Waals surface area contributed by atoms with E-state index in [-0.39, 0.29) is 17.8 Å². The van der Waals surface area contributed by atoms with Crippen LogP contribution >= 0.6 is 15.9 Å². The maximum absolute atomic E-state index is 12.9. The molecule has 1 saturated heterocycles. The summed E-state index contributed by atoms with van der Waals surface area (Å²) in [5.41, 5.74) is 0.424. The van der Waals surface area contributed by atoms with Crippen LogP contribution in [-0.4, -0.2) is 38.3 Å². The lowest BCUT2D eigenvalue weighted by molar-refractivity contribution is 0.0343. The molecule has 1 fully saturated rings. The van der Waals surface area contributed by atoms with E-state index in [0.29, 0.717) is 23.2 Å². The van der Waals surface area contributed by atoms with Crippen molar-refractivity contribution in [3.63, 3.8) is 0 Å². The zero-order valence-corrected chi connectivity index (χ0v) is 12.7. The Hall–Kier alpha value is -0.980. The molecule has 1 aromatic carbocycles. The minimum Gasteiger partial charge on any atom is -0.376 e. The van der Waals surface area contributed by atoms with Gasteiger partial charge in [0.1, 0.15) is 5.82 Å². The highest BCUT2D eigenvalue weighted by atomic mass is 79.9. The summed E-state index contributed by atoms with van der Waals surface area (Å²) < 4.78 is 19.1. The number of rotatable bonds is 5. The van der Waals surface area contributed by atoms with Crippen molar-refractivity contribution in [1.29, 1.82) is 0 Å². The molecule has 1 aliphatic rings. The number of hydrogen-bond donors (Lipinski definition) is 2. The third-order valence-electron chi connectivity index (χ3n) is 3.20. The Morgan fingerprint density at radius 1 is 1.45 bits per heavy atom. The highest BCUT2D eigenvalue weighted by Crippen LogP contribution is 2.17. The molecular formula is C14H18BrFN2O2. The Bertz CT molecular complexity index is 464. The fraction of sp³-hybridized carbons (Fsp3) is 0.500. The first kappa shape index (κ1) is 15.4. The zero-order valence-electron chi connectivity index (χ0n) is 11.1. The van der Waals surface area contributed by atoms with Crippen LogP contribution in [0.1, 0.15) is 23.2 Å². The van der Waals surface area contributed by atoms with E-state index in [1.807, 2.05) is 0 Å². The van der Waals surface area contributed by atoms with Crippen LogP contribution in [0.5, 0.6) is 0 Å². The lowest BCUT2D eigenvalue weighted by atomic mass is 10.1. The topological polar surface area (TPSA) is 50.4 Å². The molecule has 4 nitrogen and oxygen atoms in total. The number of benzene rings is 1. The van der Waals surface area contributed by atoms with Gasteiger partial charge in [0.25, 0.3) is 5.91 Å². The number of amides is 1. The van der Waals surface area contributed by atoms with E-state index in [4.69, 9.17) is 4.74 Å². The van der Waals surface area contributed by atoms with E-state index >= 15 is 0 Å². The summed E-state index contributed by atoms with van der Waals surface area (Å²) in [5, 5.41) is 6.04. The van der Waals surface area contributed by atoms with Gasteiger partial charge in [0.2, 0.25) is 0 Å². The van der Waals surface area contributed by atoms with E-state index in [9.17, 15) is 9.18 Å². The van der Waals surface area contributed by atoms with Crippen molar-refractivity contribution < 1.29 is 13.9 Å². The Morgan fingerprint density at radius 2 is 2.20 bits per heavy atom. The van der Waals surface area contributed by atoms with Crippen LogP contribution in [0.25, 0.3) is 0 Å². The largest absolute Gasteiger partial charge is 0.376 e. The predicted molar refractivity (Wildman–Crippen MR) is 78.3 cm³/mol. The van der Waals surface area contributed by atoms with Crippen LogP contribution in [0, 0.1) is 5.82 Å². The third kappa shape index (κ3) is 4.54. The Balaban J connectivity index is 1.72. The van der Waals surface area contributed by atoms with Gasteiger partial charge in [-0.2, -0.15) is 0 Å². The van der Waals surface area contributed by atoms with E-state index in [1.54, 1.807) is 0 Å². The second kappa shape index (κ2) is 7.71. The lowest BCUT2D eigenvalue weighted by Gasteiger charge is -2.22. The second-order valence-corrected chi connectivity index (χ2v) is 5.55. The lowest BCUT2D eigenvalue weighted by Crippen LogP contribution is -2.34. The smallest absolute Gasteiger partial charge is 0.252 e. The van der Waals surface area contributed by atoms with Crippen molar-refractivity contribution >= 4 is 21.8 Å². The molecule has 1 aliphatic heterocycles. The monoisotopic (exact) mass is 344 g/mol. The minimum absolute atomic E-state index is 0.231. The second-order valence-electron chi connectivity index (χ2n) is 4.70. The number of carbonyl (C=O) groups is 1. The summed E-state index contributed by atoms with van der Waals surface area (Å²) in [6.45, 7) is 2.92. The molecule has 0 saturated carbocycles. The first-order chi connectivity index (χ1) is 9.66. The van der Waals surface area contributed by atoms with Crippen LogP contribution in [0.2, 0.25) is 0 Å². The van der Waals surface area contributed by atoms with Gasteiger partial charge in [-0.1, -0.05) is 0 Å². The summed E-state index contributed by atoms with van der Waals surface area (Å²) in [7, 11) is 0. The Labute approximate surface area is 126 Å². The first-order valence-corrected chi connectivity index (χ1v) is 7.51. The highest BCUT2D eigenvalue weighted by molar-refractivity contribution is 9.10. The van der Waals surface area contributed by atoms with Gasteiger partial charge in [-0.3, -0.25) is 4.79 Å². The van der Waals surface area contributed by atoms with Crippen molar-refractivity contribution in [3.8, 4) is 0 Å². The van der Waals surface area contributed by atoms with E-state index in [2.05, 4.69) is 26.6 Å². The zero-order chi connectivity index (χ0) is 14.4. The average molecular weight is 345 g/mol. The Kier molecular flexibility index (Phi) is 5.94. The molecule has 6 heteroatoms. The van der Waals surface area contributed by atoms with Crippen LogP contribution in [0.4, 0.5) is 4.39 Å². The number of halogens is 2. The quantitative estimate of drug-likeness (QED) is 0.804. The molecule has 0 unspecified atom stereocenters. The molecule has 110 valence electrons. The molecule has 2 N–H and O–H groups in total. The van der Waals surface area contributed by atoms with Gasteiger partial charge in [-0.15, -0.1) is 0 Å². The molecule has 0 radical (unpaired) electrons. The molecule has 0 aromatic heterocycles. The number of hydrogen-bond acceptors (Lipinski definition) is 3. The van der Waals surface area contributed by atoms with E-state index in [0.717, 1.165) is 25.9 Å². The van der Waals surface area contributed by atoms with Gasteiger partial charge in [0, 0.05) is 11.0 Å². The van der Waals surface area contributed by atoms with Gasteiger partial charge >= 0.3 is 0 Å². The molecule has 0 aliphatic carbocycles. The van der Waals surface area contributed by atoms with Crippen molar-refractivity contribution in [2.75, 3.05) is 26.2 Å². The van der Waals surface area contributed by atoms with Gasteiger partial charge in [-0.25, -0.2) is 4.39 Å². The van der Waals surface area contributed by atoms with Crippen LogP contribution in [0.15, 0.2) is 22.7 Å². The normalized spacial score (nSPS) is 16.1. The van der Waals surface area contributed by atoms with Crippen molar-refractivity contribution in [3.05, 3.63) is 34.1 Å². The SMILES string of the molecule is O=C(NCCOC1CCNCC1)c1ccc(F)cc1Br. The maximum Gasteiger partial charge on any atom is 0.252 e. The van der Waals surface area contributed by atoms with Crippen LogP contribution in [0.3, 0.4) is 0 Å². The highest BCUT2D eigenvalue weighted by Gasteiger charge is 2.13. The van der Waals surface area contributed by atoms with Gasteiger partial charge in [0.15, 0.2) is 0 Å². The molecule has 20 heavy (non-hydrogen) atoms. The Morgan fingerprint density at radius 3 is 2.90 bits per heavy atom. The van der Waals surface area contributed by atoms with Gasteiger partial charge in [0.05, 0.1) is 18.3 Å². The minimum atomic E-state index is -0.373. The summed E-state index contributed by atoms with van der Waals surface area (Å²) >= 11 is 3.18. The van der Waals surface area contributed by atoms with Crippen molar-refractivity contribution in [2.45, 2.75) is 18.9 Å². The summed E-state index contributed by atoms with van der Waals surface area (Å²) in [5.74, 6) is -0.603.